The molecule has 1 aromatic rings. The van der Waals surface area contributed by atoms with Crippen molar-refractivity contribution in [3.05, 3.63) is 35.4 Å². The van der Waals surface area contributed by atoms with E-state index in [0.717, 1.165) is 12.8 Å². The summed E-state index contributed by atoms with van der Waals surface area (Å²) in [6, 6.07) is 7.40. The van der Waals surface area contributed by atoms with Crippen LogP contribution in [-0.2, 0) is 16.0 Å². The number of Topliss-reactive ketones (excluding diaryl/α,β-unsaturated/α-hetero) is 1. The number of likely N-dealkylation sites (N-methyl/N-ethyl adjacent to an activating group) is 1. The lowest BCUT2D eigenvalue weighted by Crippen LogP contribution is -2.37. The first-order chi connectivity index (χ1) is 10.1. The van der Waals surface area contributed by atoms with E-state index in [1.807, 2.05) is 31.2 Å². The molecule has 0 aliphatic carbocycles. The topological polar surface area (TPSA) is 55.4 Å². The fourth-order valence-electron chi connectivity index (χ4n) is 2.26. The number of rotatable bonds is 9. The molecule has 4 heteroatoms. The van der Waals surface area contributed by atoms with Crippen molar-refractivity contribution >= 4 is 11.8 Å². The highest BCUT2D eigenvalue weighted by Gasteiger charge is 2.20. The molecule has 0 aromatic heterocycles. The second-order valence-electron chi connectivity index (χ2n) is 5.04. The van der Waals surface area contributed by atoms with Crippen LogP contribution in [0.5, 0.6) is 0 Å². The molecule has 0 aliphatic heterocycles. The molecule has 1 unspecified atom stereocenters. The van der Waals surface area contributed by atoms with E-state index >= 15 is 0 Å². The molecule has 116 valence electrons. The number of esters is 1. The number of nitrogens with one attached hydrogen (secondary N) is 1. The summed E-state index contributed by atoms with van der Waals surface area (Å²) < 4.78 is 4.63. The van der Waals surface area contributed by atoms with Gasteiger partial charge < -0.3 is 10.1 Å². The van der Waals surface area contributed by atoms with E-state index in [0.29, 0.717) is 18.5 Å². The maximum atomic E-state index is 12.5. The summed E-state index contributed by atoms with van der Waals surface area (Å²) in [5, 5.41) is 3.14. The molecule has 0 bridgehead atoms. The molecule has 1 atom stereocenters. The minimum Gasteiger partial charge on any atom is -0.469 e. The van der Waals surface area contributed by atoms with Crippen molar-refractivity contribution in [3.63, 3.8) is 0 Å². The van der Waals surface area contributed by atoms with Gasteiger partial charge in [0.15, 0.2) is 5.78 Å². The van der Waals surface area contributed by atoms with Crippen molar-refractivity contribution in [1.82, 2.24) is 5.32 Å². The highest BCUT2D eigenvalue weighted by molar-refractivity contribution is 6.00. The second-order valence-corrected chi connectivity index (χ2v) is 5.04. The molecule has 1 rings (SSSR count). The van der Waals surface area contributed by atoms with E-state index < -0.39 is 0 Å². The van der Waals surface area contributed by atoms with Gasteiger partial charge >= 0.3 is 5.97 Å². The van der Waals surface area contributed by atoms with Gasteiger partial charge in [-0.25, -0.2) is 0 Å². The molecule has 0 saturated carbocycles. The van der Waals surface area contributed by atoms with Gasteiger partial charge in [-0.15, -0.1) is 0 Å². The summed E-state index contributed by atoms with van der Waals surface area (Å²) >= 11 is 0. The van der Waals surface area contributed by atoms with Crippen LogP contribution in [0.3, 0.4) is 0 Å². The molecule has 1 N–H and O–H groups in total. The minimum atomic E-state index is -0.342. The van der Waals surface area contributed by atoms with Crippen molar-refractivity contribution in [2.45, 2.75) is 45.6 Å². The zero-order chi connectivity index (χ0) is 15.7. The zero-order valence-electron chi connectivity index (χ0n) is 13.1. The third kappa shape index (κ3) is 5.68. The van der Waals surface area contributed by atoms with Gasteiger partial charge in [0, 0.05) is 12.0 Å². The maximum Gasteiger partial charge on any atom is 0.305 e. The number of hydrogen-bond donors (Lipinski definition) is 1. The SMILES string of the molecule is CCCc1ccc(C(=O)C(CCC(=O)OC)NCC)cc1. The number of carbonyl (C=O) groups excluding carboxylic acids is 2. The molecule has 0 saturated heterocycles. The number of ketones is 1. The summed E-state index contributed by atoms with van der Waals surface area (Å²) in [4.78, 5) is 23.7. The monoisotopic (exact) mass is 291 g/mol. The highest BCUT2D eigenvalue weighted by atomic mass is 16.5. The zero-order valence-corrected chi connectivity index (χ0v) is 13.1. The number of ether oxygens (including phenoxy) is 1. The third-order valence-electron chi connectivity index (χ3n) is 3.41. The van der Waals surface area contributed by atoms with E-state index in [1.165, 1.54) is 12.7 Å². The third-order valence-corrected chi connectivity index (χ3v) is 3.41. The molecule has 4 nitrogen and oxygen atoms in total. The van der Waals surface area contributed by atoms with Crippen LogP contribution in [-0.4, -0.2) is 31.4 Å². The average molecular weight is 291 g/mol. The van der Waals surface area contributed by atoms with E-state index in [4.69, 9.17) is 0 Å². The fourth-order valence-corrected chi connectivity index (χ4v) is 2.26. The molecular weight excluding hydrogens is 266 g/mol. The van der Waals surface area contributed by atoms with E-state index in [-0.39, 0.29) is 24.2 Å². The van der Waals surface area contributed by atoms with Gasteiger partial charge in [-0.3, -0.25) is 9.59 Å². The Morgan fingerprint density at radius 2 is 1.86 bits per heavy atom. The van der Waals surface area contributed by atoms with E-state index in [1.54, 1.807) is 0 Å². The lowest BCUT2D eigenvalue weighted by atomic mass is 9.98. The van der Waals surface area contributed by atoms with Gasteiger partial charge in [0.1, 0.15) is 0 Å². The molecule has 0 amide bonds. The van der Waals surface area contributed by atoms with Crippen molar-refractivity contribution in [2.24, 2.45) is 0 Å². The normalized spacial score (nSPS) is 12.0. The number of hydrogen-bond acceptors (Lipinski definition) is 4. The second kappa shape index (κ2) is 9.29. The molecule has 21 heavy (non-hydrogen) atoms. The van der Waals surface area contributed by atoms with Gasteiger partial charge in [-0.1, -0.05) is 44.5 Å². The Balaban J connectivity index is 2.72. The Hall–Kier alpha value is -1.68. The van der Waals surface area contributed by atoms with Gasteiger partial charge in [-0.05, 0) is 24.9 Å². The Morgan fingerprint density at radius 1 is 1.19 bits per heavy atom. The van der Waals surface area contributed by atoms with Crippen LogP contribution in [0.4, 0.5) is 0 Å². The largest absolute Gasteiger partial charge is 0.469 e. The van der Waals surface area contributed by atoms with Gasteiger partial charge in [-0.2, -0.15) is 0 Å². The summed E-state index contributed by atoms with van der Waals surface area (Å²) in [5.41, 5.74) is 1.93. The van der Waals surface area contributed by atoms with Crippen LogP contribution in [0, 0.1) is 0 Å². The quantitative estimate of drug-likeness (QED) is 0.561. The van der Waals surface area contributed by atoms with Crippen molar-refractivity contribution in [2.75, 3.05) is 13.7 Å². The molecular formula is C17H25NO3. The van der Waals surface area contributed by atoms with Crippen molar-refractivity contribution in [3.8, 4) is 0 Å². The summed E-state index contributed by atoms with van der Waals surface area (Å²) in [5.74, 6) is -0.257. The first-order valence-electron chi connectivity index (χ1n) is 7.55. The van der Waals surface area contributed by atoms with Gasteiger partial charge in [0.25, 0.3) is 0 Å². The summed E-state index contributed by atoms with van der Waals surface area (Å²) in [7, 11) is 1.36. The average Bonchev–Trinajstić information content (AvgIpc) is 2.51. The lowest BCUT2D eigenvalue weighted by Gasteiger charge is -2.16. The molecule has 0 radical (unpaired) electrons. The predicted molar refractivity (Wildman–Crippen MR) is 83.5 cm³/mol. The van der Waals surface area contributed by atoms with Crippen LogP contribution in [0.2, 0.25) is 0 Å². The minimum absolute atomic E-state index is 0.0313. The summed E-state index contributed by atoms with van der Waals surface area (Å²) in [6.07, 6.45) is 2.81. The molecule has 0 aliphatic rings. The summed E-state index contributed by atoms with van der Waals surface area (Å²) in [6.45, 7) is 4.77. The van der Waals surface area contributed by atoms with Crippen LogP contribution in [0.15, 0.2) is 24.3 Å². The predicted octanol–water partition coefficient (Wildman–Crippen LogP) is 2.75. The van der Waals surface area contributed by atoms with Crippen molar-refractivity contribution in [1.29, 1.82) is 0 Å². The molecule has 1 aromatic carbocycles. The molecule has 0 spiro atoms. The van der Waals surface area contributed by atoms with Crippen molar-refractivity contribution < 1.29 is 14.3 Å². The fraction of sp³-hybridized carbons (Fsp3) is 0.529. The first kappa shape index (κ1) is 17.4. The lowest BCUT2D eigenvalue weighted by molar-refractivity contribution is -0.140. The highest BCUT2D eigenvalue weighted by Crippen LogP contribution is 2.11. The standard InChI is InChI=1S/C17H25NO3/c1-4-6-13-7-9-14(10-8-13)17(20)15(18-5-2)11-12-16(19)21-3/h7-10,15,18H,4-6,11-12H2,1-3H3. The van der Waals surface area contributed by atoms with Gasteiger partial charge in [0.05, 0.1) is 13.2 Å². The first-order valence-corrected chi connectivity index (χ1v) is 7.55. The van der Waals surface area contributed by atoms with Crippen LogP contribution in [0.25, 0.3) is 0 Å². The Kier molecular flexibility index (Phi) is 7.69. The number of carbonyl (C=O) groups is 2. The smallest absolute Gasteiger partial charge is 0.305 e. The Morgan fingerprint density at radius 3 is 2.38 bits per heavy atom. The maximum absolute atomic E-state index is 12.5. The number of aryl methyl sites for hydroxylation is 1. The molecule has 0 heterocycles. The van der Waals surface area contributed by atoms with E-state index in [9.17, 15) is 9.59 Å². The van der Waals surface area contributed by atoms with Gasteiger partial charge in [0.2, 0.25) is 0 Å². The number of benzene rings is 1. The molecule has 0 fully saturated rings. The Labute approximate surface area is 126 Å². The van der Waals surface area contributed by atoms with Crippen LogP contribution >= 0.6 is 0 Å². The van der Waals surface area contributed by atoms with Crippen LogP contribution < -0.4 is 5.32 Å². The number of methoxy groups -OCH3 is 1. The van der Waals surface area contributed by atoms with E-state index in [2.05, 4.69) is 17.0 Å². The van der Waals surface area contributed by atoms with Crippen LogP contribution in [0.1, 0.15) is 49.0 Å². The Bertz CT molecular complexity index is 454.